The third kappa shape index (κ3) is 11.0. The summed E-state index contributed by atoms with van der Waals surface area (Å²) in [5.74, 6) is 0. The number of aromatic nitrogens is 2. The Hall–Kier alpha value is -3.57. The number of hydrogen-bond acceptors (Lipinski definition) is 9. The molecule has 6 rings (SSSR count). The normalized spacial score (nSPS) is 16.5. The molecule has 16 heteroatoms. The molecule has 51 heavy (non-hydrogen) atoms. The van der Waals surface area contributed by atoms with Gasteiger partial charge in [0.05, 0.1) is 11.1 Å². The van der Waals surface area contributed by atoms with Gasteiger partial charge in [-0.1, -0.05) is 12.1 Å². The van der Waals surface area contributed by atoms with Gasteiger partial charge in [-0.2, -0.15) is 26.3 Å². The molecule has 2 aromatic heterocycles. The maximum absolute atomic E-state index is 13.4. The second-order valence-corrected chi connectivity index (χ2v) is 15.0. The molecule has 1 N–H and O–H groups in total. The number of alkyl halides is 6. The highest BCUT2D eigenvalue weighted by atomic mass is 32.1. The van der Waals surface area contributed by atoms with Gasteiger partial charge >= 0.3 is 18.4 Å². The second-order valence-electron chi connectivity index (χ2n) is 13.2. The fourth-order valence-corrected chi connectivity index (χ4v) is 7.08. The average Bonchev–Trinajstić information content (AvgIpc) is 3.80. The molecule has 276 valence electrons. The smallest absolute Gasteiger partial charge is 0.417 e. The molecule has 2 aliphatic heterocycles. The molecule has 0 aliphatic carbocycles. The Morgan fingerprint density at radius 1 is 0.725 bits per heavy atom. The first-order valence-corrected chi connectivity index (χ1v) is 18.2. The molecule has 0 unspecified atom stereocenters. The van der Waals surface area contributed by atoms with E-state index < -0.39 is 29.1 Å². The first kappa shape index (κ1) is 38.7. The number of nitrogens with zero attached hydrogens (tertiary/aromatic N) is 5. The van der Waals surface area contributed by atoms with Crippen LogP contribution in [-0.2, 0) is 30.2 Å². The minimum Gasteiger partial charge on any atom is -0.444 e. The van der Waals surface area contributed by atoms with E-state index in [0.29, 0.717) is 49.3 Å². The van der Waals surface area contributed by atoms with Crippen molar-refractivity contribution >= 4 is 28.8 Å². The number of carbonyl (C=O) groups excluding carboxylic acids is 1. The SMILES string of the molecule is CC(C)(C)OC(=O)N1CCN(Cc2ccc(C(F)(F)F)c(-c3nccs3)c2)CC1.FC(F)(F)c1ccc(CN2CCNCC2)cc1-c1nccs1. The van der Waals surface area contributed by atoms with Crippen molar-refractivity contribution in [3.63, 3.8) is 0 Å². The second kappa shape index (κ2) is 16.4. The quantitative estimate of drug-likeness (QED) is 0.200. The molecule has 0 atom stereocenters. The van der Waals surface area contributed by atoms with Gasteiger partial charge in [-0.05, 0) is 56.2 Å². The lowest BCUT2D eigenvalue weighted by molar-refractivity contribution is -0.137. The molecule has 0 saturated carbocycles. The molecule has 1 amide bonds. The highest BCUT2D eigenvalue weighted by molar-refractivity contribution is 7.13. The van der Waals surface area contributed by atoms with Crippen LogP contribution in [0.25, 0.3) is 21.1 Å². The van der Waals surface area contributed by atoms with E-state index in [1.54, 1.807) is 33.9 Å². The standard InChI is InChI=1S/C20H24F3N3O2S.C15H16F3N3S/c1-19(2,3)28-18(27)26-9-7-25(8-10-26)13-14-4-5-16(20(21,22)23)15(12-14)17-24-6-11-29-17;16-15(17,18)13-2-1-11(10-21-6-3-19-4-7-21)9-12(13)14-20-5-8-22-14/h4-6,11-12H,7-10,13H2,1-3H3;1-2,5,8-9,19H,3-4,6-7,10H2. The van der Waals surface area contributed by atoms with Gasteiger partial charge in [0.1, 0.15) is 15.6 Å². The summed E-state index contributed by atoms with van der Waals surface area (Å²) >= 11 is 2.41. The van der Waals surface area contributed by atoms with Crippen LogP contribution in [0.2, 0.25) is 0 Å². The Labute approximate surface area is 301 Å². The Kier molecular flexibility index (Phi) is 12.4. The Morgan fingerprint density at radius 2 is 1.18 bits per heavy atom. The minimum atomic E-state index is -4.43. The summed E-state index contributed by atoms with van der Waals surface area (Å²) in [6.45, 7) is 12.6. The molecule has 2 saturated heterocycles. The third-order valence-electron chi connectivity index (χ3n) is 8.15. The van der Waals surface area contributed by atoms with Crippen LogP contribution in [0.15, 0.2) is 59.6 Å². The van der Waals surface area contributed by atoms with Crippen LogP contribution < -0.4 is 5.32 Å². The van der Waals surface area contributed by atoms with Crippen LogP contribution in [0.4, 0.5) is 31.1 Å². The summed E-state index contributed by atoms with van der Waals surface area (Å²) in [5.41, 5.74) is 0.125. The molecule has 2 aliphatic rings. The van der Waals surface area contributed by atoms with E-state index in [1.165, 1.54) is 47.2 Å². The van der Waals surface area contributed by atoms with Crippen molar-refractivity contribution in [1.82, 2.24) is 30.0 Å². The van der Waals surface area contributed by atoms with Crippen LogP contribution in [0.1, 0.15) is 43.0 Å². The maximum atomic E-state index is 13.4. The van der Waals surface area contributed by atoms with E-state index in [-0.39, 0.29) is 17.2 Å². The lowest BCUT2D eigenvalue weighted by atomic mass is 10.0. The number of halogens is 6. The highest BCUT2D eigenvalue weighted by Gasteiger charge is 2.36. The number of hydrogen-bond donors (Lipinski definition) is 1. The summed E-state index contributed by atoms with van der Waals surface area (Å²) in [6.07, 6.45) is -6.10. The average molecular weight is 755 g/mol. The van der Waals surface area contributed by atoms with Crippen molar-refractivity contribution in [2.75, 3.05) is 52.4 Å². The zero-order valence-corrected chi connectivity index (χ0v) is 30.1. The van der Waals surface area contributed by atoms with Crippen molar-refractivity contribution < 1.29 is 35.9 Å². The van der Waals surface area contributed by atoms with Crippen molar-refractivity contribution in [2.45, 2.75) is 51.8 Å². The van der Waals surface area contributed by atoms with Crippen molar-refractivity contribution in [2.24, 2.45) is 0 Å². The molecule has 4 heterocycles. The summed E-state index contributed by atoms with van der Waals surface area (Å²) in [4.78, 5) is 26.3. The maximum Gasteiger partial charge on any atom is 0.417 e. The fraction of sp³-hybridized carbons (Fsp3) is 0.457. The first-order chi connectivity index (χ1) is 24.1. The number of carbonyl (C=O) groups is 1. The number of nitrogens with one attached hydrogen (secondary N) is 1. The number of ether oxygens (including phenoxy) is 1. The summed E-state index contributed by atoms with van der Waals surface area (Å²) < 4.78 is 85.1. The topological polar surface area (TPSA) is 73.8 Å². The van der Waals surface area contributed by atoms with E-state index in [2.05, 4.69) is 25.1 Å². The van der Waals surface area contributed by atoms with Crippen LogP contribution in [-0.4, -0.2) is 88.7 Å². The molecule has 2 fully saturated rings. The van der Waals surface area contributed by atoms with Crippen LogP contribution in [0.5, 0.6) is 0 Å². The van der Waals surface area contributed by atoms with Crippen molar-refractivity contribution in [3.05, 3.63) is 81.8 Å². The van der Waals surface area contributed by atoms with E-state index >= 15 is 0 Å². The van der Waals surface area contributed by atoms with Gasteiger partial charge in [0, 0.05) is 99.7 Å². The lowest BCUT2D eigenvalue weighted by Gasteiger charge is -2.35. The molecule has 0 radical (unpaired) electrons. The lowest BCUT2D eigenvalue weighted by Crippen LogP contribution is -2.49. The molecule has 0 bridgehead atoms. The molecular weight excluding hydrogens is 715 g/mol. The Bertz CT molecular complexity index is 1710. The van der Waals surface area contributed by atoms with Gasteiger partial charge in [0.15, 0.2) is 0 Å². The zero-order valence-electron chi connectivity index (χ0n) is 28.5. The summed E-state index contributed by atoms with van der Waals surface area (Å²) in [6, 6.07) is 8.59. The number of benzene rings is 2. The molecule has 0 spiro atoms. The third-order valence-corrected chi connectivity index (χ3v) is 9.76. The van der Waals surface area contributed by atoms with Crippen molar-refractivity contribution in [1.29, 1.82) is 0 Å². The zero-order chi connectivity index (χ0) is 36.8. The van der Waals surface area contributed by atoms with Gasteiger partial charge < -0.3 is 15.0 Å². The number of piperazine rings is 2. The predicted molar refractivity (Wildman–Crippen MR) is 186 cm³/mol. The minimum absolute atomic E-state index is 0.109. The Balaban J connectivity index is 0.000000205. The van der Waals surface area contributed by atoms with E-state index in [9.17, 15) is 31.1 Å². The van der Waals surface area contributed by atoms with Crippen LogP contribution in [0.3, 0.4) is 0 Å². The monoisotopic (exact) mass is 754 g/mol. The van der Waals surface area contributed by atoms with E-state index in [0.717, 1.165) is 43.4 Å². The first-order valence-electron chi connectivity index (χ1n) is 16.4. The molecular formula is C35H40F6N6O2S2. The van der Waals surface area contributed by atoms with Gasteiger partial charge in [0.2, 0.25) is 0 Å². The van der Waals surface area contributed by atoms with Crippen LogP contribution >= 0.6 is 22.7 Å². The highest BCUT2D eigenvalue weighted by Crippen LogP contribution is 2.39. The van der Waals surface area contributed by atoms with Crippen molar-refractivity contribution in [3.8, 4) is 21.1 Å². The largest absolute Gasteiger partial charge is 0.444 e. The van der Waals surface area contributed by atoms with Gasteiger partial charge in [-0.15, -0.1) is 22.7 Å². The molecule has 4 aromatic rings. The van der Waals surface area contributed by atoms with E-state index in [1.807, 2.05) is 20.8 Å². The number of rotatable bonds is 6. The van der Waals surface area contributed by atoms with Crippen LogP contribution in [0, 0.1) is 0 Å². The number of thiazole rings is 2. The number of amides is 1. The van der Waals surface area contributed by atoms with Gasteiger partial charge in [-0.3, -0.25) is 9.80 Å². The molecule has 8 nitrogen and oxygen atoms in total. The van der Waals surface area contributed by atoms with E-state index in [4.69, 9.17) is 4.74 Å². The van der Waals surface area contributed by atoms with Gasteiger partial charge in [0.25, 0.3) is 0 Å². The summed E-state index contributed by atoms with van der Waals surface area (Å²) in [5, 5.41) is 7.39. The molecule has 2 aromatic carbocycles. The Morgan fingerprint density at radius 3 is 1.57 bits per heavy atom. The predicted octanol–water partition coefficient (Wildman–Crippen LogP) is 8.12. The fourth-order valence-electron chi connectivity index (χ4n) is 5.74. The summed E-state index contributed by atoms with van der Waals surface area (Å²) in [7, 11) is 0. The van der Waals surface area contributed by atoms with Gasteiger partial charge in [-0.25, -0.2) is 14.8 Å².